The summed E-state index contributed by atoms with van der Waals surface area (Å²) in [6.45, 7) is 4.05. The van der Waals surface area contributed by atoms with Crippen LogP contribution in [0.2, 0.25) is 0 Å². The van der Waals surface area contributed by atoms with Gasteiger partial charge in [-0.05, 0) is 57.2 Å². The third-order valence-corrected chi connectivity index (χ3v) is 6.06. The minimum absolute atomic E-state index is 0. The summed E-state index contributed by atoms with van der Waals surface area (Å²) in [4.78, 5) is 23.7. The number of carbonyl (C=O) groups excluding carboxylic acids is 1. The van der Waals surface area contributed by atoms with Crippen molar-refractivity contribution in [1.29, 1.82) is 0 Å². The average Bonchev–Trinajstić information content (AvgIpc) is 2.70. The van der Waals surface area contributed by atoms with Crippen molar-refractivity contribution >= 4 is 46.0 Å². The predicted molar refractivity (Wildman–Crippen MR) is 128 cm³/mol. The van der Waals surface area contributed by atoms with Crippen LogP contribution in [0.1, 0.15) is 49.8 Å². The van der Waals surface area contributed by atoms with Crippen molar-refractivity contribution in [1.82, 2.24) is 15.3 Å². The zero-order chi connectivity index (χ0) is 21.0. The first kappa shape index (κ1) is 24.4. The second-order valence-electron chi connectivity index (χ2n) is 8.07. The highest BCUT2D eigenvalue weighted by Crippen LogP contribution is 2.28. The molecule has 1 atom stereocenters. The fourth-order valence-electron chi connectivity index (χ4n) is 3.80. The van der Waals surface area contributed by atoms with Gasteiger partial charge in [-0.2, -0.15) is 4.98 Å². The maximum atomic E-state index is 12.7. The van der Waals surface area contributed by atoms with Crippen LogP contribution in [0.5, 0.6) is 0 Å². The van der Waals surface area contributed by atoms with Gasteiger partial charge in [0.05, 0.1) is 6.04 Å². The molecule has 1 aliphatic rings. The van der Waals surface area contributed by atoms with Crippen molar-refractivity contribution in [2.45, 2.75) is 51.6 Å². The molecule has 1 saturated carbocycles. The zero-order valence-corrected chi connectivity index (χ0v) is 20.4. The summed E-state index contributed by atoms with van der Waals surface area (Å²) in [5.74, 6) is 1.82. The Labute approximate surface area is 193 Å². The van der Waals surface area contributed by atoms with Crippen LogP contribution in [0.3, 0.4) is 0 Å². The van der Waals surface area contributed by atoms with Crippen molar-refractivity contribution in [3.63, 3.8) is 0 Å². The third kappa shape index (κ3) is 6.32. The van der Waals surface area contributed by atoms with Gasteiger partial charge in [-0.15, -0.1) is 12.4 Å². The van der Waals surface area contributed by atoms with Gasteiger partial charge in [0, 0.05) is 42.3 Å². The molecule has 30 heavy (non-hydrogen) atoms. The van der Waals surface area contributed by atoms with E-state index in [-0.39, 0.29) is 30.3 Å². The second-order valence-corrected chi connectivity index (χ2v) is 8.99. The van der Waals surface area contributed by atoms with E-state index < -0.39 is 0 Å². The molecule has 3 rings (SSSR count). The topological polar surface area (TPSA) is 70.1 Å². The van der Waals surface area contributed by atoms with E-state index in [1.807, 2.05) is 63.3 Å². The Hall–Kier alpha value is -1.86. The predicted octanol–water partition coefficient (Wildman–Crippen LogP) is 4.88. The van der Waals surface area contributed by atoms with Gasteiger partial charge in [0.1, 0.15) is 5.82 Å². The lowest BCUT2D eigenvalue weighted by Crippen LogP contribution is -2.37. The highest BCUT2D eigenvalue weighted by atomic mass is 79.9. The quantitative estimate of drug-likeness (QED) is 0.596. The summed E-state index contributed by atoms with van der Waals surface area (Å²) < 4.78 is 1.04. The Balaban J connectivity index is 0.00000320. The molecule has 0 radical (unpaired) electrons. The molecule has 1 amide bonds. The van der Waals surface area contributed by atoms with E-state index in [0.717, 1.165) is 47.1 Å². The van der Waals surface area contributed by atoms with E-state index in [1.54, 1.807) is 0 Å². The molecule has 164 valence electrons. The van der Waals surface area contributed by atoms with Crippen molar-refractivity contribution < 1.29 is 4.79 Å². The van der Waals surface area contributed by atoms with Gasteiger partial charge in [-0.1, -0.05) is 28.1 Å². The largest absolute Gasteiger partial charge is 0.362 e. The van der Waals surface area contributed by atoms with Gasteiger partial charge in [0.15, 0.2) is 0 Å². The third-order valence-electron chi connectivity index (χ3n) is 5.53. The Morgan fingerprint density at radius 1 is 1.17 bits per heavy atom. The summed E-state index contributed by atoms with van der Waals surface area (Å²) in [6, 6.07) is 8.41. The molecule has 0 bridgehead atoms. The van der Waals surface area contributed by atoms with Gasteiger partial charge in [0.25, 0.3) is 0 Å². The maximum absolute atomic E-state index is 12.7. The summed E-state index contributed by atoms with van der Waals surface area (Å²) in [6.07, 6.45) is 5.50. The van der Waals surface area contributed by atoms with Crippen LogP contribution in [0.4, 0.5) is 11.8 Å². The van der Waals surface area contributed by atoms with Crippen molar-refractivity contribution in [2.24, 2.45) is 5.92 Å². The Kier molecular flexibility index (Phi) is 8.92. The molecule has 6 nitrogen and oxygen atoms in total. The monoisotopic (exact) mass is 495 g/mol. The molecule has 1 aliphatic carbocycles. The number of nitrogens with zero attached hydrogens (tertiary/aromatic N) is 3. The number of amides is 1. The summed E-state index contributed by atoms with van der Waals surface area (Å²) in [5.41, 5.74) is 2.17. The lowest BCUT2D eigenvalue weighted by Gasteiger charge is -2.29. The summed E-state index contributed by atoms with van der Waals surface area (Å²) in [5, 5.41) is 6.62. The molecule has 1 unspecified atom stereocenters. The van der Waals surface area contributed by atoms with Crippen molar-refractivity contribution in [2.75, 3.05) is 24.3 Å². The molecule has 1 heterocycles. The van der Waals surface area contributed by atoms with Gasteiger partial charge >= 0.3 is 0 Å². The minimum Gasteiger partial charge on any atom is -0.362 e. The van der Waals surface area contributed by atoms with Gasteiger partial charge in [-0.3, -0.25) is 4.79 Å². The number of hydrogen-bond acceptors (Lipinski definition) is 5. The molecule has 1 aromatic heterocycles. The first-order valence-corrected chi connectivity index (χ1v) is 11.0. The molecule has 1 fully saturated rings. The molecule has 0 aliphatic heterocycles. The first-order valence-electron chi connectivity index (χ1n) is 10.2. The first-order chi connectivity index (χ1) is 13.8. The van der Waals surface area contributed by atoms with Crippen LogP contribution >= 0.6 is 28.3 Å². The molecule has 0 saturated heterocycles. The van der Waals surface area contributed by atoms with E-state index >= 15 is 0 Å². The molecule has 1 aromatic carbocycles. The van der Waals surface area contributed by atoms with Gasteiger partial charge < -0.3 is 15.5 Å². The van der Waals surface area contributed by atoms with Crippen LogP contribution in [0, 0.1) is 12.8 Å². The Morgan fingerprint density at radius 2 is 1.80 bits per heavy atom. The number of aryl methyl sites for hydroxylation is 1. The van der Waals surface area contributed by atoms with Crippen molar-refractivity contribution in [3.05, 3.63) is 46.1 Å². The van der Waals surface area contributed by atoms with E-state index in [0.29, 0.717) is 12.0 Å². The summed E-state index contributed by atoms with van der Waals surface area (Å²) in [7, 11) is 3.97. The van der Waals surface area contributed by atoms with Gasteiger partial charge in [-0.25, -0.2) is 4.98 Å². The number of aromatic nitrogens is 2. The number of nitrogens with one attached hydrogen (secondary N) is 2. The molecule has 8 heteroatoms. The smallest absolute Gasteiger partial charge is 0.224 e. The fraction of sp³-hybridized carbons (Fsp3) is 0.500. The van der Waals surface area contributed by atoms with E-state index in [9.17, 15) is 4.79 Å². The second kappa shape index (κ2) is 11.0. The Bertz CT molecular complexity index is 838. The number of halogens is 2. The maximum Gasteiger partial charge on any atom is 0.224 e. The van der Waals surface area contributed by atoms with Crippen LogP contribution in [0.15, 0.2) is 34.9 Å². The SMILES string of the molecule is Cc1cnc(NC2CCC(C(=O)NC(C)c3ccc(Br)cc3)CC2)nc1N(C)C.Cl. The lowest BCUT2D eigenvalue weighted by molar-refractivity contribution is -0.126. The number of anilines is 2. The van der Waals surface area contributed by atoms with E-state index in [1.165, 1.54) is 0 Å². The molecular weight excluding hydrogens is 466 g/mol. The van der Waals surface area contributed by atoms with Crippen LogP contribution < -0.4 is 15.5 Å². The Morgan fingerprint density at radius 3 is 2.40 bits per heavy atom. The number of rotatable bonds is 6. The highest BCUT2D eigenvalue weighted by molar-refractivity contribution is 9.10. The highest BCUT2D eigenvalue weighted by Gasteiger charge is 2.27. The minimum atomic E-state index is 0. The molecular formula is C22H31BrClN5O. The van der Waals surface area contributed by atoms with Crippen molar-refractivity contribution in [3.8, 4) is 0 Å². The van der Waals surface area contributed by atoms with E-state index in [2.05, 4.69) is 36.5 Å². The van der Waals surface area contributed by atoms with Crippen LogP contribution in [0.25, 0.3) is 0 Å². The molecule has 2 aromatic rings. The molecule has 2 N–H and O–H groups in total. The average molecular weight is 497 g/mol. The number of benzene rings is 1. The normalized spacial score (nSPS) is 19.4. The standard InChI is InChI=1S/C22H30BrN5O.ClH/c1-14-13-24-22(27-20(14)28(3)4)26-19-11-7-17(8-12-19)21(29)25-15(2)16-5-9-18(23)10-6-16;/h5-6,9-10,13,15,17,19H,7-8,11-12H2,1-4H3,(H,25,29)(H,24,26,27);1H. The van der Waals surface area contributed by atoms with E-state index in [4.69, 9.17) is 0 Å². The van der Waals surface area contributed by atoms with Gasteiger partial charge in [0.2, 0.25) is 11.9 Å². The number of hydrogen-bond donors (Lipinski definition) is 2. The zero-order valence-electron chi connectivity index (χ0n) is 18.0. The molecule has 0 spiro atoms. The number of carbonyl (C=O) groups is 1. The van der Waals surface area contributed by atoms with Crippen LogP contribution in [-0.4, -0.2) is 36.0 Å². The van der Waals surface area contributed by atoms with Crippen LogP contribution in [-0.2, 0) is 4.79 Å². The lowest BCUT2D eigenvalue weighted by atomic mass is 9.85. The summed E-state index contributed by atoms with van der Waals surface area (Å²) >= 11 is 3.45. The fourth-order valence-corrected chi connectivity index (χ4v) is 4.07.